The van der Waals surface area contributed by atoms with Gasteiger partial charge >= 0.3 is 0 Å². The van der Waals surface area contributed by atoms with E-state index in [0.29, 0.717) is 0 Å². The quantitative estimate of drug-likeness (QED) is 0.210. The van der Waals surface area contributed by atoms with E-state index >= 15 is 0 Å². The zero-order valence-corrected chi connectivity index (χ0v) is 22.9. The maximum atomic E-state index is 5.21. The van der Waals surface area contributed by atoms with Crippen molar-refractivity contribution < 1.29 is 0 Å². The molecule has 0 saturated heterocycles. The fourth-order valence-electron chi connectivity index (χ4n) is 5.66. The van der Waals surface area contributed by atoms with Gasteiger partial charge in [0.2, 0.25) is 0 Å². The maximum absolute atomic E-state index is 5.21. The lowest BCUT2D eigenvalue weighted by molar-refractivity contribution is 0.590. The molecule has 188 valence electrons. The minimum absolute atomic E-state index is 0.0139. The Bertz CT molecular complexity index is 1940. The Hall–Kier alpha value is -4.18. The first-order chi connectivity index (χ1) is 18.1. The van der Waals surface area contributed by atoms with Crippen molar-refractivity contribution in [1.29, 1.82) is 0 Å². The van der Waals surface area contributed by atoms with E-state index in [2.05, 4.69) is 135 Å². The van der Waals surface area contributed by atoms with Crippen LogP contribution in [0.4, 0.5) is 0 Å². The van der Waals surface area contributed by atoms with E-state index in [-0.39, 0.29) is 10.8 Å². The van der Waals surface area contributed by atoms with Gasteiger partial charge in [0.15, 0.2) is 11.3 Å². The van der Waals surface area contributed by atoms with Crippen LogP contribution in [-0.2, 0) is 10.8 Å². The average Bonchev–Trinajstić information content (AvgIpc) is 3.44. The molecule has 4 nitrogen and oxygen atoms in total. The number of imidazole rings is 2. The molecule has 0 radical (unpaired) electrons. The van der Waals surface area contributed by atoms with Crippen LogP contribution in [0.5, 0.6) is 0 Å². The Morgan fingerprint density at radius 1 is 0.474 bits per heavy atom. The predicted octanol–water partition coefficient (Wildman–Crippen LogP) is 8.75. The number of para-hydroxylation sites is 4. The highest BCUT2D eigenvalue weighted by Crippen LogP contribution is 2.35. The number of hydrogen-bond donors (Lipinski definition) is 0. The van der Waals surface area contributed by atoms with E-state index in [1.807, 2.05) is 0 Å². The normalized spacial score (nSPS) is 13.0. The van der Waals surface area contributed by atoms with Crippen LogP contribution in [0, 0.1) is 0 Å². The van der Waals surface area contributed by atoms with Crippen LogP contribution in [0.15, 0.2) is 84.9 Å². The molecule has 7 rings (SSSR count). The lowest BCUT2D eigenvalue weighted by atomic mass is 9.85. The van der Waals surface area contributed by atoms with E-state index in [9.17, 15) is 0 Å². The Labute approximate surface area is 222 Å². The van der Waals surface area contributed by atoms with Gasteiger partial charge in [0.05, 0.1) is 33.1 Å². The third kappa shape index (κ3) is 3.29. The second-order valence-corrected chi connectivity index (χ2v) is 12.5. The lowest BCUT2D eigenvalue weighted by Crippen LogP contribution is -2.11. The van der Waals surface area contributed by atoms with E-state index in [1.165, 1.54) is 21.9 Å². The molecule has 7 aromatic rings. The summed E-state index contributed by atoms with van der Waals surface area (Å²) in [5.74, 6) is 0. The van der Waals surface area contributed by atoms with Crippen molar-refractivity contribution in [2.75, 3.05) is 0 Å². The van der Waals surface area contributed by atoms with Crippen molar-refractivity contribution in [3.8, 4) is 0 Å². The fourth-order valence-corrected chi connectivity index (χ4v) is 5.66. The summed E-state index contributed by atoms with van der Waals surface area (Å²) < 4.78 is 4.64. The molecule has 3 aromatic heterocycles. The molecular formula is C34H32N4. The van der Waals surface area contributed by atoms with Gasteiger partial charge in [-0.15, -0.1) is 0 Å². The van der Waals surface area contributed by atoms with Crippen LogP contribution < -0.4 is 0 Å². The molecular weight excluding hydrogens is 464 g/mol. The van der Waals surface area contributed by atoms with E-state index in [0.717, 1.165) is 44.4 Å². The number of fused-ring (bicyclic) bond motifs is 12. The first kappa shape index (κ1) is 23.0. The van der Waals surface area contributed by atoms with Gasteiger partial charge in [0.1, 0.15) is 0 Å². The summed E-state index contributed by atoms with van der Waals surface area (Å²) in [7, 11) is 0. The van der Waals surface area contributed by atoms with E-state index < -0.39 is 0 Å². The predicted molar refractivity (Wildman–Crippen MR) is 160 cm³/mol. The highest BCUT2D eigenvalue weighted by molar-refractivity contribution is 6.08. The van der Waals surface area contributed by atoms with Crippen molar-refractivity contribution in [1.82, 2.24) is 18.8 Å². The van der Waals surface area contributed by atoms with Crippen LogP contribution >= 0.6 is 0 Å². The van der Waals surface area contributed by atoms with Crippen molar-refractivity contribution in [2.45, 2.75) is 52.4 Å². The second-order valence-electron chi connectivity index (χ2n) is 12.5. The summed E-state index contributed by atoms with van der Waals surface area (Å²) in [5.41, 5.74) is 10.7. The zero-order chi connectivity index (χ0) is 26.4. The van der Waals surface area contributed by atoms with Crippen molar-refractivity contribution >= 4 is 55.2 Å². The van der Waals surface area contributed by atoms with Gasteiger partial charge < -0.3 is 0 Å². The molecule has 0 spiro atoms. The van der Waals surface area contributed by atoms with Crippen LogP contribution in [-0.4, -0.2) is 18.8 Å². The summed E-state index contributed by atoms with van der Waals surface area (Å²) in [5, 5.41) is 2.39. The highest BCUT2D eigenvalue weighted by atomic mass is 15.1. The molecule has 0 unspecified atom stereocenters. The first-order valence-corrected chi connectivity index (χ1v) is 13.4. The largest absolute Gasteiger partial charge is 0.289 e. The van der Waals surface area contributed by atoms with Gasteiger partial charge in [-0.1, -0.05) is 90.1 Å². The van der Waals surface area contributed by atoms with Crippen LogP contribution in [0.1, 0.15) is 52.7 Å². The number of aromatic nitrogens is 4. The molecule has 0 N–H and O–H groups in total. The van der Waals surface area contributed by atoms with E-state index in [1.54, 1.807) is 0 Å². The molecule has 0 fully saturated rings. The van der Waals surface area contributed by atoms with Crippen molar-refractivity contribution in [3.05, 3.63) is 96.1 Å². The molecule has 0 amide bonds. The van der Waals surface area contributed by atoms with Crippen molar-refractivity contribution in [2.24, 2.45) is 0 Å². The van der Waals surface area contributed by atoms with Crippen molar-refractivity contribution in [3.63, 3.8) is 0 Å². The molecule has 38 heavy (non-hydrogen) atoms. The molecule has 3 heterocycles. The molecule has 0 aliphatic heterocycles. The van der Waals surface area contributed by atoms with Gasteiger partial charge in [-0.05, 0) is 58.4 Å². The highest BCUT2D eigenvalue weighted by Gasteiger charge is 2.21. The van der Waals surface area contributed by atoms with E-state index in [4.69, 9.17) is 9.97 Å². The average molecular weight is 497 g/mol. The monoisotopic (exact) mass is 496 g/mol. The minimum atomic E-state index is 0.0139. The zero-order valence-electron chi connectivity index (χ0n) is 22.9. The third-order valence-electron chi connectivity index (χ3n) is 7.82. The lowest BCUT2D eigenvalue weighted by Gasteiger charge is -2.21. The smallest absolute Gasteiger partial charge is 0.182 e. The molecule has 0 aliphatic carbocycles. The molecule has 0 bridgehead atoms. The fraction of sp³-hybridized carbons (Fsp3) is 0.235. The topological polar surface area (TPSA) is 34.6 Å². The summed E-state index contributed by atoms with van der Waals surface area (Å²) in [6.45, 7) is 13.6. The Kier molecular flexibility index (Phi) is 4.64. The minimum Gasteiger partial charge on any atom is -0.289 e. The van der Waals surface area contributed by atoms with Gasteiger partial charge in [-0.3, -0.25) is 8.80 Å². The number of hydrogen-bond acceptors (Lipinski definition) is 2. The molecule has 0 saturated carbocycles. The van der Waals surface area contributed by atoms with Crippen LogP contribution in [0.2, 0.25) is 0 Å². The SMILES string of the molecule is CC(C)(C)c1ccc2c3ccc(C(C)(C)C)cc3n3c4ccccc4nc3c3nc4ccccc4n3c2c1. The molecule has 0 atom stereocenters. The summed E-state index contributed by atoms with van der Waals surface area (Å²) in [6, 6.07) is 30.7. The van der Waals surface area contributed by atoms with Gasteiger partial charge in [0, 0.05) is 10.8 Å². The Balaban J connectivity index is 1.89. The summed E-state index contributed by atoms with van der Waals surface area (Å²) >= 11 is 0. The maximum Gasteiger partial charge on any atom is 0.182 e. The molecule has 4 aromatic carbocycles. The number of benzene rings is 4. The third-order valence-corrected chi connectivity index (χ3v) is 7.82. The van der Waals surface area contributed by atoms with Gasteiger partial charge in [-0.2, -0.15) is 0 Å². The first-order valence-electron chi connectivity index (χ1n) is 13.4. The van der Waals surface area contributed by atoms with Gasteiger partial charge in [0.25, 0.3) is 0 Å². The molecule has 0 aliphatic rings. The van der Waals surface area contributed by atoms with Crippen LogP contribution in [0.25, 0.3) is 55.2 Å². The molecule has 4 heteroatoms. The second kappa shape index (κ2) is 7.67. The number of nitrogens with zero attached hydrogens (tertiary/aromatic N) is 4. The standard InChI is InChI=1S/C34H32N4/c1-33(2,3)21-15-17-23-24-18-16-22(34(4,5)6)20-30(24)38-28-14-10-8-12-26(28)36-32(38)31-35-25-11-7-9-13-27(25)37(31)29(23)19-21/h7-20H,1-6H3. The summed E-state index contributed by atoms with van der Waals surface area (Å²) in [6.07, 6.45) is 0. The summed E-state index contributed by atoms with van der Waals surface area (Å²) in [4.78, 5) is 10.4. The Morgan fingerprint density at radius 3 is 1.26 bits per heavy atom. The van der Waals surface area contributed by atoms with Crippen LogP contribution in [0.3, 0.4) is 0 Å². The Morgan fingerprint density at radius 2 is 0.868 bits per heavy atom. The number of rotatable bonds is 0. The van der Waals surface area contributed by atoms with Gasteiger partial charge in [-0.25, -0.2) is 9.97 Å².